The zero-order valence-electron chi connectivity index (χ0n) is 7.15. The molecule has 0 bridgehead atoms. The number of aliphatic hydroxyl groups excluding tert-OH is 5. The summed E-state index contributed by atoms with van der Waals surface area (Å²) >= 11 is 0. The van der Waals surface area contributed by atoms with Crippen molar-refractivity contribution in [3.63, 3.8) is 0 Å². The largest absolute Gasteiger partial charge is 0.455 e. The predicted molar refractivity (Wildman–Crippen MR) is 41.0 cm³/mol. The van der Waals surface area contributed by atoms with Gasteiger partial charge in [0.25, 0.3) is 0 Å². The number of carbonyl (C=O) groups is 1. The van der Waals surface area contributed by atoms with Gasteiger partial charge in [-0.15, -0.1) is 0 Å². The van der Waals surface area contributed by atoms with Gasteiger partial charge < -0.3 is 30.3 Å². The topological polar surface area (TPSA) is 127 Å². The molecule has 14 heavy (non-hydrogen) atoms. The first kappa shape index (κ1) is 11.3. The average Bonchev–Trinajstić information content (AvgIpc) is 2.43. The van der Waals surface area contributed by atoms with Crippen LogP contribution in [0.2, 0.25) is 0 Å². The molecular formula is C7H12O7. The predicted octanol–water partition coefficient (Wildman–Crippen LogP) is -3.65. The van der Waals surface area contributed by atoms with Crippen LogP contribution >= 0.6 is 0 Å². The third-order valence-electron chi connectivity index (χ3n) is 2.07. The van der Waals surface area contributed by atoms with Crippen molar-refractivity contribution in [2.75, 3.05) is 6.61 Å². The molecule has 0 aromatic heterocycles. The van der Waals surface area contributed by atoms with Gasteiger partial charge in [-0.1, -0.05) is 0 Å². The first-order chi connectivity index (χ1) is 6.49. The van der Waals surface area contributed by atoms with Crippen LogP contribution in [0, 0.1) is 0 Å². The minimum atomic E-state index is -1.72. The molecule has 0 aliphatic carbocycles. The Bertz CT molecular complexity index is 218. The Morgan fingerprint density at radius 1 is 1.36 bits per heavy atom. The second-order valence-corrected chi connectivity index (χ2v) is 3.08. The van der Waals surface area contributed by atoms with Crippen molar-refractivity contribution in [1.29, 1.82) is 0 Å². The Labute approximate surface area is 79.2 Å². The first-order valence-corrected chi connectivity index (χ1v) is 4.02. The quantitative estimate of drug-likeness (QED) is 0.302. The Kier molecular flexibility index (Phi) is 3.40. The molecule has 5 N–H and O–H groups in total. The molecule has 1 rings (SSSR count). The number of hydrogen-bond acceptors (Lipinski definition) is 7. The minimum absolute atomic E-state index is 0.738. The maximum atomic E-state index is 10.7. The number of carbonyl (C=O) groups excluding carboxylic acids is 1. The highest BCUT2D eigenvalue weighted by atomic mass is 16.6. The fourth-order valence-electron chi connectivity index (χ4n) is 1.19. The lowest BCUT2D eigenvalue weighted by Crippen LogP contribution is -2.46. The summed E-state index contributed by atoms with van der Waals surface area (Å²) in [6.07, 6.45) is -7.90. The van der Waals surface area contributed by atoms with Crippen LogP contribution in [0.1, 0.15) is 0 Å². The normalized spacial score (nSPS) is 36.6. The highest BCUT2D eigenvalue weighted by Gasteiger charge is 2.47. The maximum absolute atomic E-state index is 10.7. The van der Waals surface area contributed by atoms with Crippen LogP contribution in [0.15, 0.2) is 0 Å². The molecule has 0 radical (unpaired) electrons. The molecule has 0 spiro atoms. The summed E-state index contributed by atoms with van der Waals surface area (Å²) < 4.78 is 4.41. The van der Waals surface area contributed by atoms with Crippen LogP contribution in [-0.2, 0) is 9.53 Å². The Morgan fingerprint density at radius 2 is 1.93 bits per heavy atom. The monoisotopic (exact) mass is 208 g/mol. The number of hydrogen-bond donors (Lipinski definition) is 5. The number of esters is 1. The lowest BCUT2D eigenvalue weighted by Gasteiger charge is -2.23. The third kappa shape index (κ3) is 1.86. The molecule has 1 fully saturated rings. The zero-order chi connectivity index (χ0) is 10.9. The molecule has 1 heterocycles. The van der Waals surface area contributed by atoms with Gasteiger partial charge in [0.2, 0.25) is 0 Å². The van der Waals surface area contributed by atoms with Crippen molar-refractivity contribution in [3.8, 4) is 0 Å². The molecule has 1 saturated heterocycles. The molecule has 0 amide bonds. The van der Waals surface area contributed by atoms with Gasteiger partial charge in [0.05, 0.1) is 6.61 Å². The van der Waals surface area contributed by atoms with E-state index >= 15 is 0 Å². The van der Waals surface area contributed by atoms with E-state index in [9.17, 15) is 15.0 Å². The fraction of sp³-hybridized carbons (Fsp3) is 0.857. The molecule has 0 aromatic carbocycles. The summed E-state index contributed by atoms with van der Waals surface area (Å²) in [4.78, 5) is 10.7. The van der Waals surface area contributed by atoms with Crippen molar-refractivity contribution < 1.29 is 35.1 Å². The van der Waals surface area contributed by atoms with Crippen LogP contribution in [0.25, 0.3) is 0 Å². The van der Waals surface area contributed by atoms with E-state index in [0.29, 0.717) is 0 Å². The Balaban J connectivity index is 2.66. The van der Waals surface area contributed by atoms with Crippen molar-refractivity contribution in [3.05, 3.63) is 0 Å². The van der Waals surface area contributed by atoms with Crippen LogP contribution in [0.5, 0.6) is 0 Å². The van der Waals surface area contributed by atoms with Crippen LogP contribution in [0.3, 0.4) is 0 Å². The van der Waals surface area contributed by atoms with E-state index in [1.807, 2.05) is 0 Å². The van der Waals surface area contributed by atoms with Crippen molar-refractivity contribution in [1.82, 2.24) is 0 Å². The van der Waals surface area contributed by atoms with Crippen LogP contribution in [-0.4, -0.2) is 68.6 Å². The fourth-order valence-corrected chi connectivity index (χ4v) is 1.19. The van der Waals surface area contributed by atoms with Crippen molar-refractivity contribution >= 4 is 5.97 Å². The number of ether oxygens (including phenoxy) is 1. The van der Waals surface area contributed by atoms with Gasteiger partial charge in [0, 0.05) is 0 Å². The van der Waals surface area contributed by atoms with Crippen molar-refractivity contribution in [2.24, 2.45) is 0 Å². The molecule has 82 valence electrons. The number of aliphatic hydroxyl groups is 5. The SMILES string of the molecule is O=C1O[C@H]([C@@H](O)[C@H](O)CO)[C@@H](O)[C@H]1O. The van der Waals surface area contributed by atoms with Crippen LogP contribution < -0.4 is 0 Å². The minimum Gasteiger partial charge on any atom is -0.455 e. The van der Waals surface area contributed by atoms with E-state index in [2.05, 4.69) is 4.74 Å². The second kappa shape index (κ2) is 4.20. The lowest BCUT2D eigenvalue weighted by atomic mass is 10.0. The number of rotatable bonds is 3. The van der Waals surface area contributed by atoms with Gasteiger partial charge in [-0.25, -0.2) is 4.79 Å². The highest BCUT2D eigenvalue weighted by molar-refractivity contribution is 5.77. The molecule has 7 heteroatoms. The summed E-state index contributed by atoms with van der Waals surface area (Å²) in [6.45, 7) is -0.738. The van der Waals surface area contributed by atoms with Gasteiger partial charge in [-0.05, 0) is 0 Å². The maximum Gasteiger partial charge on any atom is 0.338 e. The van der Waals surface area contributed by atoms with E-state index in [1.54, 1.807) is 0 Å². The Morgan fingerprint density at radius 3 is 2.29 bits per heavy atom. The molecule has 0 unspecified atom stereocenters. The number of cyclic esters (lactones) is 1. The molecule has 0 aromatic rings. The van der Waals surface area contributed by atoms with E-state index in [-0.39, 0.29) is 0 Å². The summed E-state index contributed by atoms with van der Waals surface area (Å²) in [5.74, 6) is -1.06. The second-order valence-electron chi connectivity index (χ2n) is 3.08. The molecular weight excluding hydrogens is 196 g/mol. The highest BCUT2D eigenvalue weighted by Crippen LogP contribution is 2.20. The molecule has 0 saturated carbocycles. The summed E-state index contributed by atoms with van der Waals surface area (Å²) in [7, 11) is 0. The Hall–Kier alpha value is -0.730. The van der Waals surface area contributed by atoms with E-state index in [4.69, 9.17) is 15.3 Å². The lowest BCUT2D eigenvalue weighted by molar-refractivity contribution is -0.155. The zero-order valence-corrected chi connectivity index (χ0v) is 7.15. The van der Waals surface area contributed by atoms with Gasteiger partial charge >= 0.3 is 5.97 Å². The van der Waals surface area contributed by atoms with E-state index in [1.165, 1.54) is 0 Å². The average molecular weight is 208 g/mol. The standard InChI is InChI=1S/C7H12O7/c8-1-2(9)3(10)6-4(11)5(12)7(13)14-6/h2-6,8-12H,1H2/t2-,3+,4+,5-,6-/m1/s1. The molecule has 1 aliphatic heterocycles. The first-order valence-electron chi connectivity index (χ1n) is 4.02. The van der Waals surface area contributed by atoms with Gasteiger partial charge in [0.1, 0.15) is 18.3 Å². The smallest absolute Gasteiger partial charge is 0.338 e. The molecule has 5 atom stereocenters. The summed E-state index contributed by atoms with van der Waals surface area (Å²) in [6, 6.07) is 0. The molecule has 1 aliphatic rings. The van der Waals surface area contributed by atoms with E-state index < -0.39 is 43.1 Å². The van der Waals surface area contributed by atoms with Gasteiger partial charge in [-0.2, -0.15) is 0 Å². The molecule has 7 nitrogen and oxygen atoms in total. The van der Waals surface area contributed by atoms with E-state index in [0.717, 1.165) is 0 Å². The van der Waals surface area contributed by atoms with Gasteiger partial charge in [-0.3, -0.25) is 0 Å². The van der Waals surface area contributed by atoms with Crippen molar-refractivity contribution in [2.45, 2.75) is 30.5 Å². The summed E-state index contributed by atoms with van der Waals surface area (Å²) in [5, 5.41) is 44.9. The van der Waals surface area contributed by atoms with Crippen LogP contribution in [0.4, 0.5) is 0 Å². The third-order valence-corrected chi connectivity index (χ3v) is 2.07. The summed E-state index contributed by atoms with van der Waals surface area (Å²) in [5.41, 5.74) is 0. The van der Waals surface area contributed by atoms with Gasteiger partial charge in [0.15, 0.2) is 12.2 Å².